The fourth-order valence-electron chi connectivity index (χ4n) is 8.70. The molecule has 380 valence electrons. The van der Waals surface area contributed by atoms with Crippen molar-refractivity contribution in [2.24, 2.45) is 5.92 Å². The minimum atomic E-state index is -0.369. The number of imide groups is 1. The summed E-state index contributed by atoms with van der Waals surface area (Å²) in [5, 5.41) is 8.95. The Labute approximate surface area is 415 Å². The van der Waals surface area contributed by atoms with Gasteiger partial charge in [0.05, 0.1) is 50.3 Å². The molecule has 16 heteroatoms. The predicted octanol–water partition coefficient (Wildman–Crippen LogP) is 7.03. The van der Waals surface area contributed by atoms with Gasteiger partial charge in [0.15, 0.2) is 11.6 Å². The maximum atomic E-state index is 13.3. The number of likely N-dealkylation sites (tertiary alicyclic amines) is 1. The van der Waals surface area contributed by atoms with E-state index in [1.165, 1.54) is 26.7 Å². The van der Waals surface area contributed by atoms with Gasteiger partial charge in [0, 0.05) is 92.8 Å². The van der Waals surface area contributed by atoms with Crippen molar-refractivity contribution >= 4 is 46.5 Å². The smallest absolute Gasteiger partial charge is 0.251 e. The number of carbonyl (C=O) groups excluding carboxylic acids is 5. The Morgan fingerprint density at radius 2 is 1.64 bits per heavy atom. The van der Waals surface area contributed by atoms with E-state index in [4.69, 9.17) is 24.2 Å². The predicted molar refractivity (Wildman–Crippen MR) is 274 cm³/mol. The fourth-order valence-corrected chi connectivity index (χ4v) is 8.70. The van der Waals surface area contributed by atoms with Crippen molar-refractivity contribution in [3.8, 4) is 11.8 Å². The average molecular weight is 965 g/mol. The zero-order valence-electron chi connectivity index (χ0n) is 42.4. The first kappa shape index (κ1) is 55.2. The quantitative estimate of drug-likeness (QED) is 0.0381. The molecule has 2 aromatic carbocycles. The molecular formula is C54H76N8O8. The van der Waals surface area contributed by atoms with E-state index < -0.39 is 0 Å². The van der Waals surface area contributed by atoms with Crippen LogP contribution in [0.1, 0.15) is 148 Å². The van der Waals surface area contributed by atoms with Gasteiger partial charge in [-0.3, -0.25) is 29.3 Å². The van der Waals surface area contributed by atoms with Crippen LogP contribution in [0.2, 0.25) is 0 Å². The lowest BCUT2D eigenvalue weighted by Crippen LogP contribution is -2.40. The van der Waals surface area contributed by atoms with Crippen molar-refractivity contribution < 1.29 is 38.2 Å². The Hall–Kier alpha value is -5.73. The lowest BCUT2D eigenvalue weighted by molar-refractivity contribution is -0.136. The summed E-state index contributed by atoms with van der Waals surface area (Å²) in [5.74, 6) is 6.84. The van der Waals surface area contributed by atoms with Crippen LogP contribution >= 0.6 is 0 Å². The number of benzene rings is 2. The summed E-state index contributed by atoms with van der Waals surface area (Å²) >= 11 is 0. The highest BCUT2D eigenvalue weighted by molar-refractivity contribution is 6.10. The van der Waals surface area contributed by atoms with E-state index in [-0.39, 0.29) is 53.9 Å². The third kappa shape index (κ3) is 17.6. The highest BCUT2D eigenvalue weighted by Crippen LogP contribution is 2.25. The second-order valence-electron chi connectivity index (χ2n) is 18.1. The molecule has 0 spiro atoms. The first-order valence-corrected chi connectivity index (χ1v) is 25.4. The second kappa shape index (κ2) is 29.5. The highest BCUT2D eigenvalue weighted by Gasteiger charge is 2.25. The van der Waals surface area contributed by atoms with Gasteiger partial charge in [0.2, 0.25) is 17.6 Å². The van der Waals surface area contributed by atoms with Crippen molar-refractivity contribution in [2.75, 3.05) is 101 Å². The van der Waals surface area contributed by atoms with Crippen LogP contribution in [0, 0.1) is 17.8 Å². The summed E-state index contributed by atoms with van der Waals surface area (Å²) in [6.45, 7) is 20.4. The van der Waals surface area contributed by atoms with Crippen molar-refractivity contribution in [1.29, 1.82) is 0 Å². The van der Waals surface area contributed by atoms with Gasteiger partial charge in [0.1, 0.15) is 12.4 Å². The summed E-state index contributed by atoms with van der Waals surface area (Å²) in [4.78, 5) is 75.8. The molecule has 0 saturated carbocycles. The van der Waals surface area contributed by atoms with Crippen molar-refractivity contribution in [1.82, 2.24) is 25.5 Å². The molecule has 3 amide bonds. The van der Waals surface area contributed by atoms with Crippen molar-refractivity contribution in [2.45, 2.75) is 111 Å². The Bertz CT molecular complexity index is 2230. The zero-order chi connectivity index (χ0) is 50.3. The molecule has 3 aliphatic rings. The normalized spacial score (nSPS) is 16.8. The molecule has 3 aromatic rings. The van der Waals surface area contributed by atoms with Gasteiger partial charge in [0.25, 0.3) is 5.91 Å². The van der Waals surface area contributed by atoms with Crippen LogP contribution in [0.3, 0.4) is 0 Å². The number of amides is 3. The topological polar surface area (TPSA) is 185 Å². The minimum Gasteiger partial charge on any atom is -0.382 e. The first-order valence-electron chi connectivity index (χ1n) is 25.4. The van der Waals surface area contributed by atoms with E-state index in [1.54, 1.807) is 6.07 Å². The number of morpholine rings is 1. The SMILES string of the molecule is CCC1CCC(=O)NC1=O.CCCCCCN(CC)c1cc(C(C)NC(=O)c2ccc(N3CCOCC3)cc2)nc(C#CCOCCOCCN2CCC(Nc3cccc(C(C)=O)c3C(C)=O)CC2)n1. The third-order valence-electron chi connectivity index (χ3n) is 12.9. The van der Waals surface area contributed by atoms with Crippen LogP contribution in [0.25, 0.3) is 0 Å². The number of piperidine rings is 2. The maximum absolute atomic E-state index is 13.3. The van der Waals surface area contributed by atoms with Gasteiger partial charge in [-0.1, -0.05) is 51.2 Å². The van der Waals surface area contributed by atoms with Gasteiger partial charge < -0.3 is 39.5 Å². The van der Waals surface area contributed by atoms with Crippen molar-refractivity contribution in [3.05, 3.63) is 76.7 Å². The largest absolute Gasteiger partial charge is 0.382 e. The van der Waals surface area contributed by atoms with Gasteiger partial charge in [-0.05, 0) is 96.1 Å². The molecule has 0 bridgehead atoms. The number of aromatic nitrogens is 2. The first-order chi connectivity index (χ1) is 33.9. The van der Waals surface area contributed by atoms with E-state index in [1.807, 2.05) is 56.3 Å². The van der Waals surface area contributed by atoms with Gasteiger partial charge in [-0.25, -0.2) is 9.97 Å². The average Bonchev–Trinajstić information content (AvgIpc) is 3.36. The summed E-state index contributed by atoms with van der Waals surface area (Å²) in [7, 11) is 0. The molecule has 0 radical (unpaired) electrons. The number of nitrogens with zero attached hydrogens (tertiary/aromatic N) is 5. The Balaban J connectivity index is 0.000000810. The number of hydrogen-bond donors (Lipinski definition) is 3. The van der Waals surface area contributed by atoms with Crippen LogP contribution in [-0.2, 0) is 23.8 Å². The number of hydrogen-bond acceptors (Lipinski definition) is 14. The van der Waals surface area contributed by atoms with Crippen LogP contribution in [-0.4, -0.2) is 136 Å². The molecule has 0 aliphatic carbocycles. The fraction of sp³-hybridized carbons (Fsp3) is 0.574. The standard InChI is InChI=1S/C47H65N7O6.C7H11NO2/c1-6-8-9-10-22-53(7-2)45-34-43(35(3)48-47(57)38-16-18-40(19-17-38)54-26-30-59-31-27-54)50-44(51-45)15-12-28-58-32-33-60-29-25-52-23-20-39(21-24-52)49-42-14-11-13-41(36(4)55)46(42)37(5)56;1-2-5-3-4-6(9)8-7(5)10/h11,13-14,16-19,34-35,39,49H,6-10,20-33H2,1-5H3,(H,48,57);5H,2-4H2,1H3,(H,8,9,10). The number of carbonyl (C=O) groups is 5. The van der Waals surface area contributed by atoms with Crippen LogP contribution in [0.4, 0.5) is 17.2 Å². The number of nitrogens with one attached hydrogen (secondary N) is 3. The van der Waals surface area contributed by atoms with Gasteiger partial charge in [-0.2, -0.15) is 0 Å². The molecule has 2 unspecified atom stereocenters. The molecule has 3 aliphatic heterocycles. The Kier molecular flexibility index (Phi) is 23.2. The van der Waals surface area contributed by atoms with E-state index in [0.29, 0.717) is 67.7 Å². The zero-order valence-corrected chi connectivity index (χ0v) is 42.4. The van der Waals surface area contributed by atoms with Crippen LogP contribution < -0.4 is 25.8 Å². The maximum Gasteiger partial charge on any atom is 0.251 e. The van der Waals surface area contributed by atoms with E-state index in [2.05, 4.69) is 56.3 Å². The molecule has 3 fully saturated rings. The molecular weight excluding hydrogens is 889 g/mol. The molecule has 16 nitrogen and oxygen atoms in total. The molecule has 3 saturated heterocycles. The monoisotopic (exact) mass is 965 g/mol. The highest BCUT2D eigenvalue weighted by atomic mass is 16.5. The van der Waals surface area contributed by atoms with Gasteiger partial charge >= 0.3 is 0 Å². The Morgan fingerprint density at radius 3 is 2.31 bits per heavy atom. The number of Topliss-reactive ketones (excluding diaryl/α,β-unsaturated/α-hetero) is 2. The Morgan fingerprint density at radius 1 is 0.900 bits per heavy atom. The van der Waals surface area contributed by atoms with E-state index >= 15 is 0 Å². The van der Waals surface area contributed by atoms with Crippen LogP contribution in [0.15, 0.2) is 48.5 Å². The summed E-state index contributed by atoms with van der Waals surface area (Å²) in [5.41, 5.74) is 4.06. The molecule has 6 rings (SSSR count). The molecule has 70 heavy (non-hydrogen) atoms. The lowest BCUT2D eigenvalue weighted by atomic mass is 9.96. The molecule has 2 atom stereocenters. The molecule has 1 aromatic heterocycles. The second-order valence-corrected chi connectivity index (χ2v) is 18.1. The van der Waals surface area contributed by atoms with Gasteiger partial charge in [-0.15, -0.1) is 0 Å². The summed E-state index contributed by atoms with van der Waals surface area (Å²) in [6, 6.07) is 15.0. The lowest BCUT2D eigenvalue weighted by Gasteiger charge is -2.33. The van der Waals surface area contributed by atoms with E-state index in [0.717, 1.165) is 102 Å². The third-order valence-corrected chi connectivity index (χ3v) is 12.9. The number of rotatable bonds is 23. The van der Waals surface area contributed by atoms with E-state index in [9.17, 15) is 24.0 Å². The van der Waals surface area contributed by atoms with Crippen LogP contribution in [0.5, 0.6) is 0 Å². The number of ketones is 2. The van der Waals surface area contributed by atoms with Crippen molar-refractivity contribution in [3.63, 3.8) is 0 Å². The summed E-state index contributed by atoms with van der Waals surface area (Å²) in [6.07, 6.45) is 8.55. The summed E-state index contributed by atoms with van der Waals surface area (Å²) < 4.78 is 17.1. The number of ether oxygens (including phenoxy) is 3. The minimum absolute atomic E-state index is 0.0673. The number of unbranched alkanes of at least 4 members (excludes halogenated alkanes) is 3. The molecule has 4 heterocycles. The molecule has 3 N–H and O–H groups in total. The number of anilines is 3.